The van der Waals surface area contributed by atoms with Crippen molar-refractivity contribution in [1.82, 2.24) is 15.5 Å². The number of benzene rings is 1. The van der Waals surface area contributed by atoms with E-state index in [1.807, 2.05) is 13.0 Å². The number of carbonyl (C=O) groups excluding carboxylic acids is 1. The zero-order chi connectivity index (χ0) is 18.8. The van der Waals surface area contributed by atoms with Gasteiger partial charge in [0, 0.05) is 45.4 Å². The van der Waals surface area contributed by atoms with Crippen molar-refractivity contribution in [1.29, 1.82) is 0 Å². The average molecular weight is 490 g/mol. The van der Waals surface area contributed by atoms with E-state index < -0.39 is 0 Å². The van der Waals surface area contributed by atoms with Gasteiger partial charge in [0.05, 0.1) is 13.2 Å². The zero-order valence-corrected chi connectivity index (χ0v) is 18.7. The minimum atomic E-state index is -0.113. The number of hydrogen-bond acceptors (Lipinski definition) is 4. The number of carbonyl (C=O) groups is 1. The quantitative estimate of drug-likeness (QED) is 0.265. The summed E-state index contributed by atoms with van der Waals surface area (Å²) in [6, 6.07) is 7.12. The number of halogens is 1. The van der Waals surface area contributed by atoms with Gasteiger partial charge in [0.1, 0.15) is 5.75 Å². The fraction of sp³-hybridized carbons (Fsp3) is 0.579. The average Bonchev–Trinajstić information content (AvgIpc) is 2.69. The Labute approximate surface area is 178 Å². The van der Waals surface area contributed by atoms with Crippen LogP contribution in [0.5, 0.6) is 5.75 Å². The molecule has 1 aliphatic heterocycles. The molecule has 8 heteroatoms. The highest BCUT2D eigenvalue weighted by Gasteiger charge is 2.21. The Morgan fingerprint density at radius 2 is 1.96 bits per heavy atom. The highest BCUT2D eigenvalue weighted by molar-refractivity contribution is 14.0. The van der Waals surface area contributed by atoms with E-state index in [4.69, 9.17) is 9.47 Å². The van der Waals surface area contributed by atoms with Crippen molar-refractivity contribution in [3.8, 4) is 5.75 Å². The second-order valence-corrected chi connectivity index (χ2v) is 6.10. The molecule has 0 unspecified atom stereocenters. The molecule has 1 heterocycles. The molecule has 7 nitrogen and oxygen atoms in total. The maximum Gasteiger partial charge on any atom is 0.251 e. The molecule has 0 aliphatic carbocycles. The molecule has 0 atom stereocenters. The van der Waals surface area contributed by atoms with Gasteiger partial charge in [0.2, 0.25) is 0 Å². The molecule has 2 rings (SSSR count). The van der Waals surface area contributed by atoms with Crippen LogP contribution in [0.15, 0.2) is 29.3 Å². The predicted octanol–water partition coefficient (Wildman–Crippen LogP) is 2.12. The van der Waals surface area contributed by atoms with Gasteiger partial charge in [-0.05, 0) is 38.0 Å². The standard InChI is InChI=1S/C19H30N4O3.HI/c1-4-26-16-8-12-23(13-9-16)19(20-2)22-11-10-21-18(24)15-6-5-7-17(14-15)25-3;/h5-7,14,16H,4,8-13H2,1-3H3,(H,20,22)(H,21,24);1H. The SMILES string of the molecule is CCOC1CCN(C(=NC)NCCNC(=O)c2cccc(OC)c2)CC1.I. The number of likely N-dealkylation sites (tertiary alicyclic amines) is 1. The first-order chi connectivity index (χ1) is 12.7. The van der Waals surface area contributed by atoms with Crippen molar-refractivity contribution >= 4 is 35.8 Å². The largest absolute Gasteiger partial charge is 0.497 e. The topological polar surface area (TPSA) is 75.2 Å². The molecule has 0 aromatic heterocycles. The van der Waals surface area contributed by atoms with Gasteiger partial charge in [-0.1, -0.05) is 6.07 Å². The number of nitrogens with zero attached hydrogens (tertiary/aromatic N) is 2. The molecule has 1 aromatic carbocycles. The first-order valence-electron chi connectivity index (χ1n) is 9.17. The Kier molecular flexibility index (Phi) is 11.1. The van der Waals surface area contributed by atoms with Crippen LogP contribution in [0.4, 0.5) is 0 Å². The van der Waals surface area contributed by atoms with Gasteiger partial charge >= 0.3 is 0 Å². The maximum absolute atomic E-state index is 12.2. The molecule has 2 N–H and O–H groups in total. The molecule has 1 saturated heterocycles. The number of guanidine groups is 1. The van der Waals surface area contributed by atoms with Gasteiger partial charge in [0.15, 0.2) is 5.96 Å². The van der Waals surface area contributed by atoms with Crippen LogP contribution in [-0.2, 0) is 4.74 Å². The molecule has 27 heavy (non-hydrogen) atoms. The Morgan fingerprint density at radius 3 is 2.59 bits per heavy atom. The summed E-state index contributed by atoms with van der Waals surface area (Å²) in [6.07, 6.45) is 2.39. The van der Waals surface area contributed by atoms with Crippen molar-refractivity contribution in [3.05, 3.63) is 29.8 Å². The van der Waals surface area contributed by atoms with Gasteiger partial charge in [-0.3, -0.25) is 9.79 Å². The molecule has 0 saturated carbocycles. The first kappa shape index (κ1) is 23.5. The van der Waals surface area contributed by atoms with Gasteiger partial charge in [0.25, 0.3) is 5.91 Å². The molecular formula is C19H31IN4O3. The lowest BCUT2D eigenvalue weighted by molar-refractivity contribution is 0.0264. The van der Waals surface area contributed by atoms with E-state index in [1.165, 1.54) is 0 Å². The first-order valence-corrected chi connectivity index (χ1v) is 9.17. The molecule has 1 fully saturated rings. The fourth-order valence-corrected chi connectivity index (χ4v) is 3.02. The van der Waals surface area contributed by atoms with Gasteiger partial charge in [-0.25, -0.2) is 0 Å². The normalized spacial score (nSPS) is 15.1. The summed E-state index contributed by atoms with van der Waals surface area (Å²) in [6.45, 7) is 5.80. The van der Waals surface area contributed by atoms with Crippen LogP contribution >= 0.6 is 24.0 Å². The summed E-state index contributed by atoms with van der Waals surface area (Å²) in [4.78, 5) is 18.8. The summed E-state index contributed by atoms with van der Waals surface area (Å²) < 4.78 is 10.8. The number of ether oxygens (including phenoxy) is 2. The van der Waals surface area contributed by atoms with Crippen LogP contribution in [-0.4, -0.2) is 69.8 Å². The van der Waals surface area contributed by atoms with Crippen LogP contribution < -0.4 is 15.4 Å². The fourth-order valence-electron chi connectivity index (χ4n) is 3.02. The van der Waals surface area contributed by atoms with Gasteiger partial charge in [-0.15, -0.1) is 24.0 Å². The third-order valence-corrected chi connectivity index (χ3v) is 4.38. The smallest absolute Gasteiger partial charge is 0.251 e. The second-order valence-electron chi connectivity index (χ2n) is 6.10. The third kappa shape index (κ3) is 7.53. The minimum Gasteiger partial charge on any atom is -0.497 e. The highest BCUT2D eigenvalue weighted by Crippen LogP contribution is 2.14. The maximum atomic E-state index is 12.2. The predicted molar refractivity (Wildman–Crippen MR) is 118 cm³/mol. The lowest BCUT2D eigenvalue weighted by atomic mass is 10.1. The molecular weight excluding hydrogens is 459 g/mol. The lowest BCUT2D eigenvalue weighted by Crippen LogP contribution is -2.48. The summed E-state index contributed by atoms with van der Waals surface area (Å²) >= 11 is 0. The lowest BCUT2D eigenvalue weighted by Gasteiger charge is -2.34. The molecule has 1 aliphatic rings. The van der Waals surface area contributed by atoms with Gasteiger partial charge in [-0.2, -0.15) is 0 Å². The summed E-state index contributed by atoms with van der Waals surface area (Å²) in [5.41, 5.74) is 0.590. The summed E-state index contributed by atoms with van der Waals surface area (Å²) in [7, 11) is 3.37. The minimum absolute atomic E-state index is 0. The molecule has 1 aromatic rings. The van der Waals surface area contributed by atoms with Crippen LogP contribution in [0.2, 0.25) is 0 Å². The van der Waals surface area contributed by atoms with Crippen LogP contribution in [0.1, 0.15) is 30.1 Å². The van der Waals surface area contributed by atoms with E-state index in [9.17, 15) is 4.79 Å². The Balaban J connectivity index is 0.00000364. The molecule has 0 bridgehead atoms. The molecule has 0 spiro atoms. The Morgan fingerprint density at radius 1 is 1.26 bits per heavy atom. The molecule has 1 amide bonds. The Hall–Kier alpha value is -1.55. The Bertz CT molecular complexity index is 604. The number of rotatable bonds is 7. The van der Waals surface area contributed by atoms with Crippen molar-refractivity contribution in [2.45, 2.75) is 25.9 Å². The van der Waals surface area contributed by atoms with Crippen molar-refractivity contribution in [3.63, 3.8) is 0 Å². The number of methoxy groups -OCH3 is 1. The number of piperidine rings is 1. The summed E-state index contributed by atoms with van der Waals surface area (Å²) in [5, 5.41) is 6.22. The van der Waals surface area contributed by atoms with E-state index in [-0.39, 0.29) is 29.9 Å². The van der Waals surface area contributed by atoms with Crippen LogP contribution in [0.25, 0.3) is 0 Å². The zero-order valence-electron chi connectivity index (χ0n) is 16.4. The van der Waals surface area contributed by atoms with Crippen LogP contribution in [0, 0.1) is 0 Å². The number of aliphatic imine (C=N–C) groups is 1. The number of hydrogen-bond donors (Lipinski definition) is 2. The van der Waals surface area contributed by atoms with E-state index in [0.29, 0.717) is 30.5 Å². The van der Waals surface area contributed by atoms with Crippen molar-refractivity contribution < 1.29 is 14.3 Å². The third-order valence-electron chi connectivity index (χ3n) is 4.38. The van der Waals surface area contributed by atoms with Crippen molar-refractivity contribution in [2.24, 2.45) is 4.99 Å². The van der Waals surface area contributed by atoms with Crippen molar-refractivity contribution in [2.75, 3.05) is 46.9 Å². The van der Waals surface area contributed by atoms with Crippen LogP contribution in [0.3, 0.4) is 0 Å². The van der Waals surface area contributed by atoms with E-state index in [1.54, 1.807) is 32.4 Å². The number of amides is 1. The number of nitrogens with one attached hydrogen (secondary N) is 2. The van der Waals surface area contributed by atoms with Gasteiger partial charge < -0.3 is 25.0 Å². The monoisotopic (exact) mass is 490 g/mol. The highest BCUT2D eigenvalue weighted by atomic mass is 127. The second kappa shape index (κ2) is 12.8. The van der Waals surface area contributed by atoms with E-state index in [2.05, 4.69) is 20.5 Å². The van der Waals surface area contributed by atoms with E-state index >= 15 is 0 Å². The summed E-state index contributed by atoms with van der Waals surface area (Å²) in [5.74, 6) is 1.43. The molecule has 0 radical (unpaired) electrons. The van der Waals surface area contributed by atoms with E-state index in [0.717, 1.165) is 38.5 Å². The molecule has 152 valence electrons.